The fourth-order valence-electron chi connectivity index (χ4n) is 5.32. The molecule has 0 spiro atoms. The molecule has 3 N–H and O–H groups in total. The molecule has 10 nitrogen and oxygen atoms in total. The standard InChI is InChI=1S/C36H38FN3O7S/c1-45-31-8-5-7-28(25-31)33-36(20-24-48(43,44)32-9-3-2-4-10-32,35(42)40-38-21-19-26-11-15-29(37)16-12-26)39-34(47-33)27-13-17-30(18-14-27)46-23-6-22-41/h2-5,7-18,25,33,38,41H,6,19-24H2,1H3,(H,40,42)/t33-,36-/m0/s1. The Morgan fingerprint density at radius 1 is 0.979 bits per heavy atom. The molecule has 0 bridgehead atoms. The number of halogens is 1. The van der Waals surface area contributed by atoms with Gasteiger partial charge in [0.25, 0.3) is 5.91 Å². The Balaban J connectivity index is 1.49. The van der Waals surface area contributed by atoms with Gasteiger partial charge in [0.05, 0.1) is 24.4 Å². The normalized spacial score (nSPS) is 17.3. The molecule has 4 aromatic carbocycles. The number of carbonyl (C=O) groups excluding carboxylic acids is 1. The second-order valence-corrected chi connectivity index (χ2v) is 13.3. The first kappa shape index (κ1) is 34.6. The quantitative estimate of drug-likeness (QED) is 0.116. The number of aliphatic imine (C=N–C) groups is 1. The largest absolute Gasteiger partial charge is 0.497 e. The number of aliphatic hydroxyl groups excluding tert-OH is 1. The number of nitrogens with zero attached hydrogens (tertiary/aromatic N) is 1. The molecule has 0 saturated carbocycles. The van der Waals surface area contributed by atoms with Gasteiger partial charge in [0, 0.05) is 31.6 Å². The van der Waals surface area contributed by atoms with Gasteiger partial charge in [0.2, 0.25) is 5.90 Å². The number of rotatable bonds is 16. The predicted molar refractivity (Wildman–Crippen MR) is 179 cm³/mol. The van der Waals surface area contributed by atoms with Gasteiger partial charge in [0.15, 0.2) is 21.5 Å². The average Bonchev–Trinajstić information content (AvgIpc) is 3.52. The number of hydrogen-bond acceptors (Lipinski definition) is 9. The van der Waals surface area contributed by atoms with Crippen LogP contribution in [0.4, 0.5) is 4.39 Å². The van der Waals surface area contributed by atoms with E-state index in [2.05, 4.69) is 10.9 Å². The molecule has 252 valence electrons. The summed E-state index contributed by atoms with van der Waals surface area (Å²) in [6.45, 7) is 0.674. The van der Waals surface area contributed by atoms with Crippen LogP contribution in [0.1, 0.15) is 35.6 Å². The molecule has 2 atom stereocenters. The highest BCUT2D eigenvalue weighted by molar-refractivity contribution is 7.91. The highest BCUT2D eigenvalue weighted by Gasteiger charge is 2.53. The van der Waals surface area contributed by atoms with E-state index in [0.29, 0.717) is 48.6 Å². The fourth-order valence-corrected chi connectivity index (χ4v) is 6.71. The minimum atomic E-state index is -3.82. The highest BCUT2D eigenvalue weighted by Crippen LogP contribution is 2.43. The number of sulfone groups is 1. The maximum absolute atomic E-state index is 14.3. The van der Waals surface area contributed by atoms with E-state index >= 15 is 0 Å². The van der Waals surface area contributed by atoms with Crippen molar-refractivity contribution in [1.82, 2.24) is 10.9 Å². The molecule has 5 rings (SSSR count). The summed E-state index contributed by atoms with van der Waals surface area (Å²) in [5.74, 6) is -0.0520. The second kappa shape index (κ2) is 15.9. The van der Waals surface area contributed by atoms with Crippen molar-refractivity contribution in [1.29, 1.82) is 0 Å². The van der Waals surface area contributed by atoms with Crippen LogP contribution in [0.25, 0.3) is 0 Å². The molecule has 0 unspecified atom stereocenters. The van der Waals surface area contributed by atoms with Gasteiger partial charge in [-0.1, -0.05) is 42.5 Å². The van der Waals surface area contributed by atoms with Gasteiger partial charge in [-0.3, -0.25) is 10.2 Å². The third-order valence-corrected chi connectivity index (χ3v) is 9.67. The molecule has 1 aliphatic rings. The Bertz CT molecular complexity index is 1800. The van der Waals surface area contributed by atoms with Crippen molar-refractivity contribution in [2.45, 2.75) is 35.8 Å². The summed E-state index contributed by atoms with van der Waals surface area (Å²) in [4.78, 5) is 19.3. The van der Waals surface area contributed by atoms with Crippen molar-refractivity contribution < 1.29 is 36.9 Å². The lowest BCUT2D eigenvalue weighted by Gasteiger charge is -2.30. The van der Waals surface area contributed by atoms with E-state index in [4.69, 9.17) is 24.3 Å². The van der Waals surface area contributed by atoms with Crippen LogP contribution in [0, 0.1) is 5.82 Å². The summed E-state index contributed by atoms with van der Waals surface area (Å²) in [7, 11) is -2.29. The zero-order valence-corrected chi connectivity index (χ0v) is 27.3. The van der Waals surface area contributed by atoms with Crippen molar-refractivity contribution >= 4 is 21.6 Å². The molecule has 1 heterocycles. The van der Waals surface area contributed by atoms with E-state index in [-0.39, 0.29) is 29.6 Å². The first-order valence-corrected chi connectivity index (χ1v) is 17.2. The third kappa shape index (κ3) is 8.38. The highest BCUT2D eigenvalue weighted by atomic mass is 32.2. The molecule has 0 aromatic heterocycles. The van der Waals surface area contributed by atoms with Crippen molar-refractivity contribution in [3.63, 3.8) is 0 Å². The van der Waals surface area contributed by atoms with E-state index in [1.807, 2.05) is 0 Å². The second-order valence-electron chi connectivity index (χ2n) is 11.2. The first-order chi connectivity index (χ1) is 23.2. The van der Waals surface area contributed by atoms with Crippen LogP contribution in [0.3, 0.4) is 0 Å². The summed E-state index contributed by atoms with van der Waals surface area (Å²) in [5, 5.41) is 9.06. The summed E-state index contributed by atoms with van der Waals surface area (Å²) < 4.78 is 58.0. The topological polar surface area (TPSA) is 136 Å². The molecule has 0 aliphatic carbocycles. The van der Waals surface area contributed by atoms with Gasteiger partial charge >= 0.3 is 0 Å². The number of amides is 1. The molecular formula is C36H38FN3O7S. The van der Waals surface area contributed by atoms with Crippen LogP contribution < -0.4 is 20.3 Å². The number of aliphatic hydroxyl groups is 1. The van der Waals surface area contributed by atoms with Crippen LogP contribution in [0.2, 0.25) is 0 Å². The molecular weight excluding hydrogens is 637 g/mol. The number of methoxy groups -OCH3 is 1. The first-order valence-electron chi connectivity index (χ1n) is 15.5. The van der Waals surface area contributed by atoms with Gasteiger partial charge < -0.3 is 19.3 Å². The number of benzene rings is 4. The summed E-state index contributed by atoms with van der Waals surface area (Å²) in [6, 6.07) is 28.1. The smallest absolute Gasteiger partial charge is 0.266 e. The van der Waals surface area contributed by atoms with Crippen LogP contribution in [-0.4, -0.2) is 63.5 Å². The van der Waals surface area contributed by atoms with Crippen molar-refractivity contribution in [3.05, 3.63) is 126 Å². The summed E-state index contributed by atoms with van der Waals surface area (Å²) in [6.07, 6.45) is -0.245. The van der Waals surface area contributed by atoms with E-state index in [9.17, 15) is 17.6 Å². The average molecular weight is 676 g/mol. The zero-order chi connectivity index (χ0) is 34.0. The monoisotopic (exact) mass is 675 g/mol. The molecule has 48 heavy (non-hydrogen) atoms. The fraction of sp³-hybridized carbons (Fsp3) is 0.278. The maximum atomic E-state index is 14.3. The molecule has 1 aliphatic heterocycles. The Morgan fingerprint density at radius 3 is 2.44 bits per heavy atom. The van der Waals surface area contributed by atoms with E-state index in [0.717, 1.165) is 5.56 Å². The number of carbonyl (C=O) groups is 1. The number of nitrogens with one attached hydrogen (secondary N) is 2. The van der Waals surface area contributed by atoms with Crippen molar-refractivity contribution in [2.24, 2.45) is 4.99 Å². The number of ether oxygens (including phenoxy) is 3. The molecule has 12 heteroatoms. The Hall–Kier alpha value is -4.78. The van der Waals surface area contributed by atoms with E-state index in [1.165, 1.54) is 31.4 Å². The molecule has 0 saturated heterocycles. The number of hydrazine groups is 1. The van der Waals surface area contributed by atoms with Gasteiger partial charge in [0.1, 0.15) is 17.3 Å². The SMILES string of the molecule is COc1cccc([C@@H]2OC(c3ccc(OCCCO)cc3)=N[C@]2(CCS(=O)(=O)c2ccccc2)C(=O)NNCCc2ccc(F)cc2)c1. The minimum Gasteiger partial charge on any atom is -0.497 e. The minimum absolute atomic E-state index is 0.0135. The molecule has 0 fully saturated rings. The Labute approximate surface area is 279 Å². The Kier molecular flexibility index (Phi) is 11.4. The van der Waals surface area contributed by atoms with Crippen LogP contribution >= 0.6 is 0 Å². The van der Waals surface area contributed by atoms with Crippen molar-refractivity contribution in [2.75, 3.05) is 32.6 Å². The van der Waals surface area contributed by atoms with E-state index < -0.39 is 33.1 Å². The van der Waals surface area contributed by atoms with Crippen molar-refractivity contribution in [3.8, 4) is 11.5 Å². The van der Waals surface area contributed by atoms with E-state index in [1.54, 1.807) is 78.9 Å². The molecule has 4 aromatic rings. The summed E-state index contributed by atoms with van der Waals surface area (Å²) in [5.41, 5.74) is 5.95. The Morgan fingerprint density at radius 2 is 1.73 bits per heavy atom. The van der Waals surface area contributed by atoms with Crippen LogP contribution in [0.5, 0.6) is 11.5 Å². The lowest BCUT2D eigenvalue weighted by molar-refractivity contribution is -0.130. The van der Waals surface area contributed by atoms with Crippen LogP contribution in [0.15, 0.2) is 113 Å². The molecule has 0 radical (unpaired) electrons. The maximum Gasteiger partial charge on any atom is 0.266 e. The van der Waals surface area contributed by atoms with Gasteiger partial charge in [-0.05, 0) is 78.2 Å². The zero-order valence-electron chi connectivity index (χ0n) is 26.5. The molecule has 1 amide bonds. The van der Waals surface area contributed by atoms with Gasteiger partial charge in [-0.15, -0.1) is 0 Å². The van der Waals surface area contributed by atoms with Crippen LogP contribution in [-0.2, 0) is 25.8 Å². The van der Waals surface area contributed by atoms with Gasteiger partial charge in [-0.25, -0.2) is 23.2 Å². The number of hydrogen-bond donors (Lipinski definition) is 3. The predicted octanol–water partition coefficient (Wildman–Crippen LogP) is 4.58. The lowest BCUT2D eigenvalue weighted by Crippen LogP contribution is -2.53. The summed E-state index contributed by atoms with van der Waals surface area (Å²) >= 11 is 0. The van der Waals surface area contributed by atoms with Gasteiger partial charge in [-0.2, -0.15) is 0 Å². The third-order valence-electron chi connectivity index (χ3n) is 7.93. The lowest BCUT2D eigenvalue weighted by atomic mass is 9.85.